The Morgan fingerprint density at radius 2 is 2.12 bits per heavy atom. The molecule has 0 radical (unpaired) electrons. The van der Waals surface area contributed by atoms with Crippen LogP contribution < -0.4 is 0 Å². The Balaban J connectivity index is 2.23. The molecule has 1 aliphatic heterocycles. The molecule has 16 heavy (non-hydrogen) atoms. The van der Waals surface area contributed by atoms with E-state index in [1.54, 1.807) is 0 Å². The van der Waals surface area contributed by atoms with Gasteiger partial charge in [-0.05, 0) is 31.4 Å². The minimum absolute atomic E-state index is 0.329. The van der Waals surface area contributed by atoms with Crippen LogP contribution in [0.15, 0.2) is 18.2 Å². The van der Waals surface area contributed by atoms with Crippen molar-refractivity contribution in [3.8, 4) is 0 Å². The fourth-order valence-electron chi connectivity index (χ4n) is 2.06. The number of benzene rings is 1. The highest BCUT2D eigenvalue weighted by Gasteiger charge is 2.46. The zero-order valence-corrected chi connectivity index (χ0v) is 9.62. The van der Waals surface area contributed by atoms with Gasteiger partial charge >= 0.3 is 5.97 Å². The van der Waals surface area contributed by atoms with Crippen molar-refractivity contribution in [3.05, 3.63) is 34.9 Å². The first-order valence-corrected chi connectivity index (χ1v) is 5.41. The van der Waals surface area contributed by atoms with Gasteiger partial charge in [0.15, 0.2) is 0 Å². The van der Waals surface area contributed by atoms with Crippen molar-refractivity contribution in [1.82, 2.24) is 0 Å². The molecule has 1 fully saturated rings. The first-order valence-electron chi connectivity index (χ1n) is 5.41. The summed E-state index contributed by atoms with van der Waals surface area (Å²) in [5, 5.41) is 9.21. The van der Waals surface area contributed by atoms with Crippen molar-refractivity contribution in [1.29, 1.82) is 0 Å². The van der Waals surface area contributed by atoms with Gasteiger partial charge in [0.05, 0.1) is 13.2 Å². The Morgan fingerprint density at radius 3 is 2.56 bits per heavy atom. The first kappa shape index (κ1) is 11.1. The molecule has 3 nitrogen and oxygen atoms in total. The van der Waals surface area contributed by atoms with Crippen LogP contribution in [0.25, 0.3) is 0 Å². The Morgan fingerprint density at radius 1 is 1.44 bits per heavy atom. The monoisotopic (exact) mass is 220 g/mol. The fraction of sp³-hybridized carbons (Fsp3) is 0.462. The van der Waals surface area contributed by atoms with Crippen LogP contribution in [-0.2, 0) is 16.0 Å². The molecule has 1 N–H and O–H groups in total. The molecule has 1 aliphatic rings. The lowest BCUT2D eigenvalue weighted by Crippen LogP contribution is -2.50. The van der Waals surface area contributed by atoms with Crippen molar-refractivity contribution < 1.29 is 14.6 Å². The summed E-state index contributed by atoms with van der Waals surface area (Å²) < 4.78 is 5.05. The van der Waals surface area contributed by atoms with Crippen molar-refractivity contribution in [2.75, 3.05) is 13.2 Å². The molecule has 3 heteroatoms. The number of aryl methyl sites for hydroxylation is 2. The maximum Gasteiger partial charge on any atom is 0.314 e. The van der Waals surface area contributed by atoms with Crippen molar-refractivity contribution >= 4 is 5.97 Å². The predicted octanol–water partition coefficient (Wildman–Crippen LogP) is 1.95. The lowest BCUT2D eigenvalue weighted by molar-refractivity contribution is -0.179. The van der Waals surface area contributed by atoms with E-state index < -0.39 is 11.4 Å². The number of hydrogen-bond acceptors (Lipinski definition) is 2. The lowest BCUT2D eigenvalue weighted by Gasteiger charge is -2.37. The molecular weight excluding hydrogens is 204 g/mol. The van der Waals surface area contributed by atoms with Crippen molar-refractivity contribution in [2.45, 2.75) is 20.3 Å². The van der Waals surface area contributed by atoms with Crippen LogP contribution in [-0.4, -0.2) is 24.3 Å². The summed E-state index contributed by atoms with van der Waals surface area (Å²) in [5.41, 5.74) is 2.78. The van der Waals surface area contributed by atoms with Gasteiger partial charge in [0.1, 0.15) is 5.41 Å². The van der Waals surface area contributed by atoms with Gasteiger partial charge in [-0.3, -0.25) is 4.79 Å². The molecule has 0 unspecified atom stereocenters. The maximum absolute atomic E-state index is 11.2. The summed E-state index contributed by atoms with van der Waals surface area (Å²) in [6.07, 6.45) is 0.564. The van der Waals surface area contributed by atoms with Crippen LogP contribution >= 0.6 is 0 Å². The van der Waals surface area contributed by atoms with Crippen molar-refractivity contribution in [3.63, 3.8) is 0 Å². The third-order valence-electron chi connectivity index (χ3n) is 3.24. The molecule has 0 aliphatic carbocycles. The second kappa shape index (κ2) is 3.91. The topological polar surface area (TPSA) is 46.5 Å². The van der Waals surface area contributed by atoms with E-state index in [1.807, 2.05) is 26.0 Å². The van der Waals surface area contributed by atoms with E-state index in [9.17, 15) is 9.90 Å². The molecular formula is C13H16O3. The van der Waals surface area contributed by atoms with Gasteiger partial charge in [-0.15, -0.1) is 0 Å². The minimum Gasteiger partial charge on any atom is -0.481 e. The SMILES string of the molecule is Cc1ccc(CC2(C(=O)O)COC2)c(C)c1. The molecule has 0 bridgehead atoms. The molecule has 2 rings (SSSR count). The van der Waals surface area contributed by atoms with Gasteiger partial charge in [-0.1, -0.05) is 23.8 Å². The van der Waals surface area contributed by atoms with Crippen LogP contribution in [0.4, 0.5) is 0 Å². The number of ether oxygens (including phenoxy) is 1. The molecule has 1 saturated heterocycles. The molecule has 0 saturated carbocycles. The van der Waals surface area contributed by atoms with Gasteiger partial charge in [0.25, 0.3) is 0 Å². The standard InChI is InChI=1S/C13H16O3/c1-9-3-4-11(10(2)5-9)6-13(12(14)15)7-16-8-13/h3-5H,6-8H2,1-2H3,(H,14,15). The average molecular weight is 220 g/mol. The largest absolute Gasteiger partial charge is 0.481 e. The highest BCUT2D eigenvalue weighted by atomic mass is 16.5. The van der Waals surface area contributed by atoms with E-state index in [4.69, 9.17) is 4.74 Å². The second-order valence-corrected chi connectivity index (χ2v) is 4.68. The Bertz CT molecular complexity index is 419. The van der Waals surface area contributed by atoms with Gasteiger partial charge in [0, 0.05) is 0 Å². The number of carboxylic acids is 1. The van der Waals surface area contributed by atoms with E-state index in [0.717, 1.165) is 11.1 Å². The fourth-order valence-corrected chi connectivity index (χ4v) is 2.06. The molecule has 0 spiro atoms. The van der Waals surface area contributed by atoms with Gasteiger partial charge in [-0.25, -0.2) is 0 Å². The van der Waals surface area contributed by atoms with E-state index >= 15 is 0 Å². The third-order valence-corrected chi connectivity index (χ3v) is 3.24. The quantitative estimate of drug-likeness (QED) is 0.846. The van der Waals surface area contributed by atoms with Crippen molar-refractivity contribution in [2.24, 2.45) is 5.41 Å². The predicted molar refractivity (Wildman–Crippen MR) is 60.5 cm³/mol. The minimum atomic E-state index is -0.751. The molecule has 1 heterocycles. The summed E-state index contributed by atoms with van der Waals surface area (Å²) in [7, 11) is 0. The lowest BCUT2D eigenvalue weighted by atomic mass is 9.79. The average Bonchev–Trinajstić information content (AvgIpc) is 2.13. The van der Waals surface area contributed by atoms with Crippen LogP contribution in [0.5, 0.6) is 0 Å². The molecule has 0 atom stereocenters. The number of aliphatic carboxylic acids is 1. The highest BCUT2D eigenvalue weighted by molar-refractivity contribution is 5.76. The van der Waals surface area contributed by atoms with Crippen LogP contribution in [0.2, 0.25) is 0 Å². The van der Waals surface area contributed by atoms with Gasteiger partial charge in [-0.2, -0.15) is 0 Å². The second-order valence-electron chi connectivity index (χ2n) is 4.68. The zero-order valence-electron chi connectivity index (χ0n) is 9.62. The van der Waals surface area contributed by atoms with E-state index in [0.29, 0.717) is 19.6 Å². The number of carboxylic acid groups (broad SMARTS) is 1. The summed E-state index contributed by atoms with van der Waals surface area (Å²) in [5.74, 6) is -0.751. The Labute approximate surface area is 95.0 Å². The molecule has 0 aromatic heterocycles. The molecule has 1 aromatic carbocycles. The molecule has 1 aromatic rings. The summed E-state index contributed by atoms with van der Waals surface area (Å²) in [6, 6.07) is 6.13. The number of rotatable bonds is 3. The smallest absolute Gasteiger partial charge is 0.314 e. The summed E-state index contributed by atoms with van der Waals surface area (Å²) in [6.45, 7) is 4.72. The number of hydrogen-bond donors (Lipinski definition) is 1. The Hall–Kier alpha value is -1.35. The van der Waals surface area contributed by atoms with Crippen LogP contribution in [0, 0.1) is 19.3 Å². The van der Waals surface area contributed by atoms with E-state index in [2.05, 4.69) is 6.07 Å². The van der Waals surface area contributed by atoms with Gasteiger partial charge < -0.3 is 9.84 Å². The van der Waals surface area contributed by atoms with Crippen LogP contribution in [0.3, 0.4) is 0 Å². The zero-order chi connectivity index (χ0) is 11.8. The first-order chi connectivity index (χ1) is 7.53. The van der Waals surface area contributed by atoms with Crippen LogP contribution in [0.1, 0.15) is 16.7 Å². The maximum atomic E-state index is 11.2. The molecule has 86 valence electrons. The molecule has 0 amide bonds. The normalized spacial score (nSPS) is 17.9. The van der Waals surface area contributed by atoms with E-state index in [-0.39, 0.29) is 0 Å². The van der Waals surface area contributed by atoms with E-state index in [1.165, 1.54) is 5.56 Å². The summed E-state index contributed by atoms with van der Waals surface area (Å²) in [4.78, 5) is 11.2. The highest BCUT2D eigenvalue weighted by Crippen LogP contribution is 2.33. The summed E-state index contributed by atoms with van der Waals surface area (Å²) >= 11 is 0. The Kier molecular flexibility index (Phi) is 2.72. The van der Waals surface area contributed by atoms with Gasteiger partial charge in [0.2, 0.25) is 0 Å². The third kappa shape index (κ3) is 1.83. The number of carbonyl (C=O) groups is 1.